The Morgan fingerprint density at radius 2 is 1.75 bits per heavy atom. The van der Waals surface area contributed by atoms with E-state index in [-0.39, 0.29) is 17.6 Å². The van der Waals surface area contributed by atoms with Crippen LogP contribution in [0.1, 0.15) is 83.6 Å². The van der Waals surface area contributed by atoms with E-state index < -0.39 is 5.60 Å². The van der Waals surface area contributed by atoms with Gasteiger partial charge in [-0.15, -0.1) is 0 Å². The zero-order valence-corrected chi connectivity index (χ0v) is 21.0. The lowest BCUT2D eigenvalue weighted by Crippen LogP contribution is -2.51. The number of anilines is 1. The monoisotopic (exact) mass is 439 g/mol. The minimum absolute atomic E-state index is 0.156. The minimum Gasteiger partial charge on any atom is -0.485 e. The summed E-state index contributed by atoms with van der Waals surface area (Å²) in [6.45, 7) is 14.6. The Hall–Kier alpha value is -2.04. The fourth-order valence-electron chi connectivity index (χ4n) is 4.27. The van der Waals surface area contributed by atoms with Gasteiger partial charge in [-0.3, -0.25) is 0 Å². The van der Waals surface area contributed by atoms with Crippen LogP contribution in [-0.4, -0.2) is 25.4 Å². The maximum Gasteiger partial charge on any atom is 0.132 e. The van der Waals surface area contributed by atoms with Crippen LogP contribution in [0.2, 0.25) is 0 Å². The predicted molar refractivity (Wildman–Crippen MR) is 133 cm³/mol. The van der Waals surface area contributed by atoms with E-state index in [1.165, 1.54) is 24.0 Å². The summed E-state index contributed by atoms with van der Waals surface area (Å²) in [7, 11) is 1.76. The van der Waals surface area contributed by atoms with Crippen molar-refractivity contribution in [3.63, 3.8) is 0 Å². The first-order chi connectivity index (χ1) is 15.2. The highest BCUT2D eigenvalue weighted by Crippen LogP contribution is 2.44. The van der Waals surface area contributed by atoms with E-state index in [2.05, 4.69) is 83.3 Å². The van der Waals surface area contributed by atoms with Gasteiger partial charge in [0, 0.05) is 31.5 Å². The van der Waals surface area contributed by atoms with Crippen LogP contribution in [0.3, 0.4) is 0 Å². The van der Waals surface area contributed by atoms with Crippen molar-refractivity contribution in [3.8, 4) is 5.75 Å². The van der Waals surface area contributed by atoms with Gasteiger partial charge in [0.15, 0.2) is 0 Å². The zero-order valence-electron chi connectivity index (χ0n) is 21.0. The van der Waals surface area contributed by atoms with E-state index in [9.17, 15) is 0 Å². The molecule has 176 valence electrons. The molecule has 32 heavy (non-hydrogen) atoms. The number of fused-ring (bicyclic) bond motifs is 1. The Labute approximate surface area is 194 Å². The standard InChI is InChI=1S/C28H41NO3/c1-8-9-10-17-31-26-25(30-7)23-18-22(15-16-24(23)32-28(26,5)6)29-19-20-11-13-21(14-12-20)27(2,3)4/h11-16,18,25-26,29H,8-10,17,19H2,1-7H3. The summed E-state index contributed by atoms with van der Waals surface area (Å²) in [6, 6.07) is 15.1. The van der Waals surface area contributed by atoms with E-state index >= 15 is 0 Å². The summed E-state index contributed by atoms with van der Waals surface area (Å²) in [5.41, 5.74) is 4.42. The van der Waals surface area contributed by atoms with Gasteiger partial charge >= 0.3 is 0 Å². The second-order valence-corrected chi connectivity index (χ2v) is 10.4. The summed E-state index contributed by atoms with van der Waals surface area (Å²) in [5, 5.41) is 3.56. The topological polar surface area (TPSA) is 39.7 Å². The number of unbranched alkanes of at least 4 members (excludes halogenated alkanes) is 2. The fraction of sp³-hybridized carbons (Fsp3) is 0.571. The van der Waals surface area contributed by atoms with Gasteiger partial charge in [-0.2, -0.15) is 0 Å². The van der Waals surface area contributed by atoms with Gasteiger partial charge in [-0.1, -0.05) is 64.8 Å². The Kier molecular flexibility index (Phi) is 7.89. The fourth-order valence-corrected chi connectivity index (χ4v) is 4.27. The third-order valence-electron chi connectivity index (χ3n) is 6.27. The maximum absolute atomic E-state index is 6.35. The summed E-state index contributed by atoms with van der Waals surface area (Å²) in [5.74, 6) is 0.871. The molecule has 0 amide bonds. The molecule has 0 saturated carbocycles. The average molecular weight is 440 g/mol. The lowest BCUT2D eigenvalue weighted by atomic mass is 9.87. The number of benzene rings is 2. The van der Waals surface area contributed by atoms with Gasteiger partial charge in [-0.05, 0) is 55.0 Å². The van der Waals surface area contributed by atoms with E-state index in [0.29, 0.717) is 0 Å². The molecule has 3 rings (SSSR count). The highest BCUT2D eigenvalue weighted by Gasteiger charge is 2.45. The molecule has 0 saturated heterocycles. The number of hydrogen-bond donors (Lipinski definition) is 1. The van der Waals surface area contributed by atoms with Crippen LogP contribution in [0.4, 0.5) is 5.69 Å². The van der Waals surface area contributed by atoms with Gasteiger partial charge < -0.3 is 19.5 Å². The Morgan fingerprint density at radius 1 is 1.03 bits per heavy atom. The lowest BCUT2D eigenvalue weighted by Gasteiger charge is -2.44. The van der Waals surface area contributed by atoms with Crippen molar-refractivity contribution < 1.29 is 14.2 Å². The molecule has 4 nitrogen and oxygen atoms in total. The first kappa shape index (κ1) is 24.6. The smallest absolute Gasteiger partial charge is 0.132 e. The quantitative estimate of drug-likeness (QED) is 0.426. The molecule has 4 heteroatoms. The summed E-state index contributed by atoms with van der Waals surface area (Å²) >= 11 is 0. The number of ether oxygens (including phenoxy) is 3. The van der Waals surface area contributed by atoms with Crippen molar-refractivity contribution in [2.75, 3.05) is 19.0 Å². The number of rotatable bonds is 9. The Morgan fingerprint density at radius 3 is 2.38 bits per heavy atom. The first-order valence-electron chi connectivity index (χ1n) is 12.0. The first-order valence-corrected chi connectivity index (χ1v) is 12.0. The van der Waals surface area contributed by atoms with Crippen molar-refractivity contribution in [1.29, 1.82) is 0 Å². The average Bonchev–Trinajstić information content (AvgIpc) is 2.74. The van der Waals surface area contributed by atoms with Crippen molar-refractivity contribution in [1.82, 2.24) is 0 Å². The van der Waals surface area contributed by atoms with Crippen molar-refractivity contribution in [2.24, 2.45) is 0 Å². The molecule has 2 aromatic carbocycles. The highest BCUT2D eigenvalue weighted by atomic mass is 16.6. The number of nitrogens with one attached hydrogen (secondary N) is 1. The number of hydrogen-bond acceptors (Lipinski definition) is 4. The minimum atomic E-state index is -0.455. The predicted octanol–water partition coefficient (Wildman–Crippen LogP) is 7.03. The molecule has 0 radical (unpaired) electrons. The van der Waals surface area contributed by atoms with Gasteiger partial charge in [0.05, 0.1) is 0 Å². The van der Waals surface area contributed by atoms with E-state index in [1.54, 1.807) is 7.11 Å². The van der Waals surface area contributed by atoms with Crippen LogP contribution in [0.15, 0.2) is 42.5 Å². The normalized spacial score (nSPS) is 19.8. The zero-order chi connectivity index (χ0) is 23.4. The molecule has 2 unspecified atom stereocenters. The third kappa shape index (κ3) is 5.85. The van der Waals surface area contributed by atoms with Crippen molar-refractivity contribution >= 4 is 5.69 Å². The lowest BCUT2D eigenvalue weighted by molar-refractivity contribution is -0.154. The Bertz CT molecular complexity index is 867. The molecule has 0 spiro atoms. The molecule has 1 aliphatic heterocycles. The molecule has 2 atom stereocenters. The van der Waals surface area contributed by atoms with Crippen LogP contribution >= 0.6 is 0 Å². The van der Waals surface area contributed by atoms with Crippen molar-refractivity contribution in [2.45, 2.75) is 90.6 Å². The molecule has 1 heterocycles. The molecular weight excluding hydrogens is 398 g/mol. The van der Waals surface area contributed by atoms with E-state index in [1.807, 2.05) is 6.07 Å². The molecule has 2 aromatic rings. The van der Waals surface area contributed by atoms with Crippen LogP contribution in [0, 0.1) is 0 Å². The third-order valence-corrected chi connectivity index (χ3v) is 6.27. The van der Waals surface area contributed by atoms with Gasteiger partial charge in [0.25, 0.3) is 0 Å². The van der Waals surface area contributed by atoms with E-state index in [0.717, 1.165) is 36.6 Å². The summed E-state index contributed by atoms with van der Waals surface area (Å²) in [4.78, 5) is 0. The van der Waals surface area contributed by atoms with Gasteiger partial charge in [-0.25, -0.2) is 0 Å². The highest BCUT2D eigenvalue weighted by molar-refractivity contribution is 5.54. The van der Waals surface area contributed by atoms with Gasteiger partial charge in [0.1, 0.15) is 23.6 Å². The summed E-state index contributed by atoms with van der Waals surface area (Å²) in [6.07, 6.45) is 3.09. The maximum atomic E-state index is 6.35. The van der Waals surface area contributed by atoms with Gasteiger partial charge in [0.2, 0.25) is 0 Å². The largest absolute Gasteiger partial charge is 0.485 e. The van der Waals surface area contributed by atoms with Crippen LogP contribution in [0.5, 0.6) is 5.75 Å². The molecule has 0 fully saturated rings. The molecule has 0 aliphatic carbocycles. The molecule has 1 N–H and O–H groups in total. The van der Waals surface area contributed by atoms with Crippen LogP contribution in [0.25, 0.3) is 0 Å². The Balaban J connectivity index is 1.73. The number of methoxy groups -OCH3 is 1. The SMILES string of the molecule is CCCCCOC1C(OC)c2cc(NCc3ccc(C(C)(C)C)cc3)ccc2OC1(C)C. The molecule has 0 bridgehead atoms. The molecule has 0 aromatic heterocycles. The van der Waals surface area contributed by atoms with Crippen LogP contribution < -0.4 is 10.1 Å². The molecule has 1 aliphatic rings. The van der Waals surface area contributed by atoms with Crippen LogP contribution in [-0.2, 0) is 21.4 Å². The second kappa shape index (κ2) is 10.3. The van der Waals surface area contributed by atoms with Crippen molar-refractivity contribution in [3.05, 3.63) is 59.2 Å². The molecular formula is C28H41NO3. The summed E-state index contributed by atoms with van der Waals surface area (Å²) < 4.78 is 18.6. The van der Waals surface area contributed by atoms with E-state index in [4.69, 9.17) is 14.2 Å². The second-order valence-electron chi connectivity index (χ2n) is 10.4.